The maximum atomic E-state index is 2.42. The largest absolute Gasteiger partial charge is 0.0613 e. The molecule has 19 heavy (non-hydrogen) atoms. The summed E-state index contributed by atoms with van der Waals surface area (Å²) in [5.41, 5.74) is 3.35. The SMILES string of the molecule is c1cc2c3c(cccc3c1)C1CC3CC(CC2C3)C1. The summed E-state index contributed by atoms with van der Waals surface area (Å²) in [5.74, 6) is 3.70. The highest BCUT2D eigenvalue weighted by molar-refractivity contribution is 5.90. The molecule has 4 aliphatic rings. The molecule has 0 unspecified atom stereocenters. The second-order valence-corrected chi connectivity index (χ2v) is 7.10. The maximum Gasteiger partial charge on any atom is -0.0114 e. The van der Waals surface area contributed by atoms with E-state index < -0.39 is 0 Å². The molecule has 2 aromatic carbocycles. The van der Waals surface area contributed by atoms with E-state index in [1.54, 1.807) is 16.5 Å². The fourth-order valence-electron chi connectivity index (χ4n) is 5.44. The molecule has 2 fully saturated rings. The first-order valence-electron chi connectivity index (χ1n) is 7.90. The van der Waals surface area contributed by atoms with Crippen LogP contribution in [-0.2, 0) is 0 Å². The summed E-state index contributed by atoms with van der Waals surface area (Å²) in [7, 11) is 0. The van der Waals surface area contributed by atoms with Crippen LogP contribution in [0.4, 0.5) is 0 Å². The van der Waals surface area contributed by atoms with Crippen LogP contribution in [0.25, 0.3) is 10.8 Å². The first-order valence-corrected chi connectivity index (χ1v) is 7.90. The maximum absolute atomic E-state index is 2.42. The van der Waals surface area contributed by atoms with Gasteiger partial charge in [0.2, 0.25) is 0 Å². The summed E-state index contributed by atoms with van der Waals surface area (Å²) < 4.78 is 0. The molecule has 0 heteroatoms. The Morgan fingerprint density at radius 2 is 1.16 bits per heavy atom. The van der Waals surface area contributed by atoms with Gasteiger partial charge in [0.25, 0.3) is 0 Å². The molecule has 0 saturated heterocycles. The smallest absolute Gasteiger partial charge is 0.0114 e. The molecule has 0 N–H and O–H groups in total. The van der Waals surface area contributed by atoms with Crippen molar-refractivity contribution in [2.75, 3.05) is 0 Å². The van der Waals surface area contributed by atoms with Crippen molar-refractivity contribution >= 4 is 10.8 Å². The van der Waals surface area contributed by atoms with Gasteiger partial charge in [-0.25, -0.2) is 0 Å². The molecule has 4 bridgehead atoms. The fraction of sp³-hybridized carbons (Fsp3) is 0.474. The Kier molecular flexibility index (Phi) is 2.00. The zero-order valence-electron chi connectivity index (χ0n) is 11.3. The summed E-state index contributed by atoms with van der Waals surface area (Å²) >= 11 is 0. The van der Waals surface area contributed by atoms with Gasteiger partial charge in [-0.05, 0) is 77.7 Å². The third kappa shape index (κ3) is 1.40. The summed E-state index contributed by atoms with van der Waals surface area (Å²) in [6, 6.07) is 14.0. The molecule has 4 aliphatic carbocycles. The Balaban J connectivity index is 1.88. The molecule has 0 atom stereocenters. The van der Waals surface area contributed by atoms with E-state index in [1.807, 2.05) is 0 Å². The molecule has 96 valence electrons. The summed E-state index contributed by atoms with van der Waals surface area (Å²) in [5, 5.41) is 3.10. The van der Waals surface area contributed by atoms with Gasteiger partial charge < -0.3 is 0 Å². The van der Waals surface area contributed by atoms with Gasteiger partial charge in [0.1, 0.15) is 0 Å². The van der Waals surface area contributed by atoms with Gasteiger partial charge in [0.05, 0.1) is 0 Å². The normalized spacial score (nSPS) is 35.4. The van der Waals surface area contributed by atoms with Crippen LogP contribution >= 0.6 is 0 Å². The number of hydrogen-bond acceptors (Lipinski definition) is 0. The van der Waals surface area contributed by atoms with E-state index in [9.17, 15) is 0 Å². The average Bonchev–Trinajstić information content (AvgIpc) is 2.44. The Hall–Kier alpha value is -1.30. The summed E-state index contributed by atoms with van der Waals surface area (Å²) in [6.45, 7) is 0. The third-order valence-electron chi connectivity index (χ3n) is 5.99. The molecule has 6 rings (SSSR count). The zero-order valence-corrected chi connectivity index (χ0v) is 11.3. The van der Waals surface area contributed by atoms with E-state index in [0.29, 0.717) is 0 Å². The lowest BCUT2D eigenvalue weighted by Crippen LogP contribution is -2.31. The highest BCUT2D eigenvalue weighted by atomic mass is 14.4. The molecule has 0 spiro atoms. The van der Waals surface area contributed by atoms with Gasteiger partial charge >= 0.3 is 0 Å². The van der Waals surface area contributed by atoms with Crippen molar-refractivity contribution < 1.29 is 0 Å². The van der Waals surface area contributed by atoms with Crippen LogP contribution in [0.2, 0.25) is 0 Å². The van der Waals surface area contributed by atoms with Gasteiger partial charge in [0.15, 0.2) is 0 Å². The molecule has 0 heterocycles. The van der Waals surface area contributed by atoms with Crippen LogP contribution in [-0.4, -0.2) is 0 Å². The van der Waals surface area contributed by atoms with Crippen LogP contribution in [0.5, 0.6) is 0 Å². The van der Waals surface area contributed by atoms with E-state index in [4.69, 9.17) is 0 Å². The molecular formula is C19H20. The first-order chi connectivity index (χ1) is 9.38. The van der Waals surface area contributed by atoms with Gasteiger partial charge in [-0.2, -0.15) is 0 Å². The lowest BCUT2D eigenvalue weighted by atomic mass is 9.59. The number of benzene rings is 2. The second kappa shape index (κ2) is 3.62. The van der Waals surface area contributed by atoms with Crippen LogP contribution < -0.4 is 0 Å². The predicted octanol–water partition coefficient (Wildman–Crippen LogP) is 5.23. The van der Waals surface area contributed by atoms with Crippen molar-refractivity contribution in [1.29, 1.82) is 0 Å². The van der Waals surface area contributed by atoms with Crippen molar-refractivity contribution in [2.45, 2.75) is 43.9 Å². The van der Waals surface area contributed by atoms with Crippen molar-refractivity contribution in [3.05, 3.63) is 47.5 Å². The van der Waals surface area contributed by atoms with E-state index in [-0.39, 0.29) is 0 Å². The Morgan fingerprint density at radius 3 is 1.68 bits per heavy atom. The van der Waals surface area contributed by atoms with E-state index >= 15 is 0 Å². The quantitative estimate of drug-likeness (QED) is 0.598. The third-order valence-corrected chi connectivity index (χ3v) is 5.99. The van der Waals surface area contributed by atoms with Crippen molar-refractivity contribution in [1.82, 2.24) is 0 Å². The molecular weight excluding hydrogens is 228 g/mol. The van der Waals surface area contributed by atoms with Gasteiger partial charge in [-0.15, -0.1) is 0 Å². The molecule has 0 aromatic heterocycles. The van der Waals surface area contributed by atoms with Gasteiger partial charge in [0, 0.05) is 0 Å². The monoisotopic (exact) mass is 248 g/mol. The number of rotatable bonds is 0. The zero-order chi connectivity index (χ0) is 12.4. The van der Waals surface area contributed by atoms with Crippen LogP contribution in [0.3, 0.4) is 0 Å². The molecule has 0 radical (unpaired) electrons. The lowest BCUT2D eigenvalue weighted by Gasteiger charge is -2.45. The highest BCUT2D eigenvalue weighted by Crippen LogP contribution is 2.55. The summed E-state index contributed by atoms with van der Waals surface area (Å²) in [4.78, 5) is 0. The Morgan fingerprint density at radius 1 is 0.632 bits per heavy atom. The van der Waals surface area contributed by atoms with Crippen LogP contribution in [0.15, 0.2) is 36.4 Å². The highest BCUT2D eigenvalue weighted by Gasteiger charge is 2.40. The van der Waals surface area contributed by atoms with E-state index in [1.165, 1.54) is 37.5 Å². The van der Waals surface area contributed by atoms with Crippen molar-refractivity contribution in [3.63, 3.8) is 0 Å². The molecule has 2 aromatic rings. The average molecular weight is 248 g/mol. The molecule has 0 aliphatic heterocycles. The van der Waals surface area contributed by atoms with Crippen molar-refractivity contribution in [3.8, 4) is 0 Å². The predicted molar refractivity (Wildman–Crippen MR) is 79.5 cm³/mol. The fourth-order valence-corrected chi connectivity index (χ4v) is 5.44. The van der Waals surface area contributed by atoms with Crippen molar-refractivity contribution in [2.24, 2.45) is 11.8 Å². The molecule has 2 saturated carbocycles. The van der Waals surface area contributed by atoms with Gasteiger partial charge in [-0.1, -0.05) is 36.4 Å². The standard InChI is InChI=1S/C19H20/c1-3-14-4-2-6-18-16-10-12-7-13(11-16)9-15(8-12)17(5-1)19(14)18/h1-6,12-13,15-16H,7-11H2. The van der Waals surface area contributed by atoms with E-state index in [2.05, 4.69) is 36.4 Å². The first kappa shape index (κ1) is 10.5. The minimum Gasteiger partial charge on any atom is -0.0613 e. The minimum atomic E-state index is 0.842. The topological polar surface area (TPSA) is 0 Å². The Labute approximate surface area is 114 Å². The number of hydrogen-bond donors (Lipinski definition) is 0. The second-order valence-electron chi connectivity index (χ2n) is 7.10. The molecule has 0 nitrogen and oxygen atoms in total. The van der Waals surface area contributed by atoms with Gasteiger partial charge in [-0.3, -0.25) is 0 Å². The minimum absolute atomic E-state index is 0.842. The van der Waals surface area contributed by atoms with Crippen LogP contribution in [0.1, 0.15) is 55.1 Å². The lowest BCUT2D eigenvalue weighted by molar-refractivity contribution is 0.149. The van der Waals surface area contributed by atoms with E-state index in [0.717, 1.165) is 23.7 Å². The van der Waals surface area contributed by atoms with Crippen LogP contribution in [0, 0.1) is 11.8 Å². The summed E-state index contributed by atoms with van der Waals surface area (Å²) in [6.07, 6.45) is 7.35. The molecule has 0 amide bonds. The Bertz CT molecular complexity index is 589.